The highest BCUT2D eigenvalue weighted by Crippen LogP contribution is 2.42. The number of nitrogens with zero attached hydrogens (tertiary/aromatic N) is 5. The number of aromatic nitrogens is 3. The fourth-order valence-corrected chi connectivity index (χ4v) is 10.3. The number of rotatable bonds is 15. The Balaban J connectivity index is 0.000000233. The second-order valence-electron chi connectivity index (χ2n) is 20.9. The highest BCUT2D eigenvalue weighted by atomic mass is 35.5. The van der Waals surface area contributed by atoms with E-state index in [2.05, 4.69) is 23.8 Å². The van der Waals surface area contributed by atoms with Gasteiger partial charge in [-0.25, -0.2) is 19.6 Å². The lowest BCUT2D eigenvalue weighted by Crippen LogP contribution is -2.43. The quantitative estimate of drug-likeness (QED) is 0.0597. The molecule has 2 aliphatic rings. The molecule has 2 amide bonds. The van der Waals surface area contributed by atoms with E-state index in [1.54, 1.807) is 24.9 Å². The van der Waals surface area contributed by atoms with Gasteiger partial charge in [0.1, 0.15) is 22.6 Å². The number of alkyl halides is 7. The van der Waals surface area contributed by atoms with E-state index >= 15 is 0 Å². The lowest BCUT2D eigenvalue weighted by atomic mass is 9.82. The van der Waals surface area contributed by atoms with Crippen molar-refractivity contribution in [3.63, 3.8) is 0 Å². The van der Waals surface area contributed by atoms with Crippen molar-refractivity contribution in [2.24, 2.45) is 23.7 Å². The monoisotopic (exact) mass is 1120 g/mol. The molecule has 0 unspecified atom stereocenters. The number of carbonyl (C=O) groups excluding carboxylic acids is 3. The van der Waals surface area contributed by atoms with Crippen molar-refractivity contribution < 1.29 is 64.8 Å². The lowest BCUT2D eigenvalue weighted by Gasteiger charge is -2.34. The highest BCUT2D eigenvalue weighted by molar-refractivity contribution is 6.17. The van der Waals surface area contributed by atoms with E-state index in [1.807, 2.05) is 48.7 Å². The summed E-state index contributed by atoms with van der Waals surface area (Å²) in [6, 6.07) is 18.8. The van der Waals surface area contributed by atoms with Crippen LogP contribution in [0.1, 0.15) is 136 Å². The molecule has 3 aromatic carbocycles. The first-order chi connectivity index (χ1) is 37.4. The molecule has 0 saturated heterocycles. The summed E-state index contributed by atoms with van der Waals surface area (Å²) in [4.78, 5) is 62.9. The van der Waals surface area contributed by atoms with Gasteiger partial charge in [0.25, 0.3) is 0 Å². The number of pyridine rings is 2. The third kappa shape index (κ3) is 14.4. The first-order valence-corrected chi connectivity index (χ1v) is 26.7. The average molecular weight is 1120 g/mol. The lowest BCUT2D eigenvalue weighted by molar-refractivity contribution is -0.139. The van der Waals surface area contributed by atoms with E-state index in [9.17, 15) is 50.6 Å². The zero-order valence-corrected chi connectivity index (χ0v) is 45.7. The number of halogens is 7. The molecule has 3 heterocycles. The Morgan fingerprint density at radius 3 is 1.57 bits per heavy atom. The molecule has 20 heteroatoms. The molecule has 2 aliphatic carbocycles. The standard InChI is InChI=1S/C33H34F3N3O4.C26H30ClF3N2O4/c1-20(2)39(31(40)24-10-8-21(3)9-11-24)29-13-12-25(17-26(29)32(41)42)43-30-27(33(34,35)36)16-22(18-37-30)19-38-15-14-23-6-4-5-7-28(23)38;1-15(2)32(24(33)18-7-5-16(3)6-8-18)22-10-9-19(12-20(22)25(34)35-4)36-23-21(26(28,29)30)11-17(13-27)14-31-23/h4-7,12-18,20-21,24H,8-11,19H2,1-3H3,(H,41,42);9-12,14-16,18H,5-8,13H2,1-4H3. The van der Waals surface area contributed by atoms with Gasteiger partial charge in [-0.2, -0.15) is 26.3 Å². The number of anilines is 2. The average Bonchev–Trinajstić information content (AvgIpc) is 3.84. The van der Waals surface area contributed by atoms with Crippen molar-refractivity contribution >= 4 is 57.6 Å². The maximum Gasteiger partial charge on any atom is 0.421 e. The third-order valence-corrected chi connectivity index (χ3v) is 14.7. The van der Waals surface area contributed by atoms with Gasteiger partial charge in [0.05, 0.1) is 29.6 Å². The molecule has 79 heavy (non-hydrogen) atoms. The van der Waals surface area contributed by atoms with E-state index in [0.717, 1.165) is 80.5 Å². The third-order valence-electron chi connectivity index (χ3n) is 14.4. The number of fused-ring (bicyclic) bond motifs is 1. The van der Waals surface area contributed by atoms with Crippen LogP contribution in [0.4, 0.5) is 37.7 Å². The Morgan fingerprint density at radius 1 is 0.658 bits per heavy atom. The molecule has 3 aromatic heterocycles. The Labute approximate surface area is 459 Å². The van der Waals surface area contributed by atoms with Crippen LogP contribution in [0.3, 0.4) is 0 Å². The topological polar surface area (TPSA) is 153 Å². The highest BCUT2D eigenvalue weighted by Gasteiger charge is 2.39. The van der Waals surface area contributed by atoms with E-state index in [0.29, 0.717) is 23.1 Å². The van der Waals surface area contributed by atoms with Crippen molar-refractivity contribution in [2.45, 2.75) is 130 Å². The van der Waals surface area contributed by atoms with E-state index in [1.165, 1.54) is 54.7 Å². The van der Waals surface area contributed by atoms with Crippen molar-refractivity contribution in [1.82, 2.24) is 14.5 Å². The fraction of sp³-hybridized carbons (Fsp3) is 0.424. The van der Waals surface area contributed by atoms with Gasteiger partial charge in [-0.3, -0.25) is 9.59 Å². The van der Waals surface area contributed by atoms with Crippen molar-refractivity contribution in [3.05, 3.63) is 131 Å². The molecular weight excluding hydrogens is 1060 g/mol. The Morgan fingerprint density at radius 2 is 1.11 bits per heavy atom. The summed E-state index contributed by atoms with van der Waals surface area (Å²) in [7, 11) is 1.19. The molecule has 0 aliphatic heterocycles. The Bertz CT molecular complexity index is 3150. The van der Waals surface area contributed by atoms with Gasteiger partial charge in [-0.15, -0.1) is 11.6 Å². The van der Waals surface area contributed by atoms with Gasteiger partial charge in [0, 0.05) is 60.5 Å². The number of aromatic carboxylic acids is 1. The Hall–Kier alpha value is -7.15. The minimum Gasteiger partial charge on any atom is -0.478 e. The van der Waals surface area contributed by atoms with E-state index in [4.69, 9.17) is 25.8 Å². The second-order valence-corrected chi connectivity index (χ2v) is 21.2. The first kappa shape index (κ1) is 59.5. The summed E-state index contributed by atoms with van der Waals surface area (Å²) < 4.78 is 101. The van der Waals surface area contributed by atoms with Crippen LogP contribution in [0, 0.1) is 23.7 Å². The SMILES string of the molecule is CC1CCC(C(=O)N(c2ccc(Oc3ncc(Cn4ccc5ccccc54)cc3C(F)(F)F)cc2C(=O)O)C(C)C)CC1.COC(=O)c1cc(Oc2ncc(CCl)cc2C(F)(F)F)ccc1N(C(=O)C1CCC(C)CC1)C(C)C. The van der Waals surface area contributed by atoms with Gasteiger partial charge in [0.15, 0.2) is 0 Å². The number of para-hydroxylation sites is 1. The number of carboxylic acid groups (broad SMARTS) is 1. The number of carboxylic acids is 1. The minimum atomic E-state index is -4.77. The van der Waals surface area contributed by atoms with Crippen molar-refractivity contribution in [2.75, 3.05) is 16.9 Å². The zero-order chi connectivity index (χ0) is 57.5. The molecule has 0 atom stereocenters. The maximum absolute atomic E-state index is 14.2. The normalized spacial score (nSPS) is 17.7. The minimum absolute atomic E-state index is 0.00663. The van der Waals surface area contributed by atoms with Crippen LogP contribution < -0.4 is 19.3 Å². The van der Waals surface area contributed by atoms with Gasteiger partial charge >= 0.3 is 24.3 Å². The predicted octanol–water partition coefficient (Wildman–Crippen LogP) is 15.1. The maximum atomic E-state index is 14.2. The molecule has 8 rings (SSSR count). The molecule has 0 bridgehead atoms. The van der Waals surface area contributed by atoms with Crippen molar-refractivity contribution in [1.29, 1.82) is 0 Å². The predicted molar refractivity (Wildman–Crippen MR) is 288 cm³/mol. The summed E-state index contributed by atoms with van der Waals surface area (Å²) in [5.74, 6) is -3.26. The van der Waals surface area contributed by atoms with Crippen molar-refractivity contribution in [3.8, 4) is 23.3 Å². The van der Waals surface area contributed by atoms with Crippen LogP contribution in [0.15, 0.2) is 97.5 Å². The molecule has 2 saturated carbocycles. The van der Waals surface area contributed by atoms with Crippen LogP contribution in [0.5, 0.6) is 23.3 Å². The molecule has 2 fully saturated rings. The van der Waals surface area contributed by atoms with E-state index < -0.39 is 47.2 Å². The van der Waals surface area contributed by atoms with Crippen LogP contribution in [0.25, 0.3) is 10.9 Å². The number of amides is 2. The summed E-state index contributed by atoms with van der Waals surface area (Å²) in [5, 5.41) is 11.0. The number of hydrogen-bond donors (Lipinski definition) is 1. The van der Waals surface area contributed by atoms with Gasteiger partial charge in [-0.1, -0.05) is 32.0 Å². The summed E-state index contributed by atoms with van der Waals surface area (Å²) in [6.07, 6.45) is 1.57. The number of methoxy groups -OCH3 is 1. The number of esters is 1. The molecule has 0 radical (unpaired) electrons. The molecule has 0 spiro atoms. The van der Waals surface area contributed by atoms with Crippen LogP contribution in [0.2, 0.25) is 0 Å². The van der Waals surface area contributed by atoms with Gasteiger partial charge in [0.2, 0.25) is 23.6 Å². The summed E-state index contributed by atoms with van der Waals surface area (Å²) >= 11 is 5.66. The van der Waals surface area contributed by atoms with E-state index in [-0.39, 0.29) is 82.0 Å². The van der Waals surface area contributed by atoms with Crippen LogP contribution in [-0.4, -0.2) is 62.6 Å². The smallest absolute Gasteiger partial charge is 0.421 e. The molecular formula is C59H64ClF6N5O8. The molecule has 422 valence electrons. The first-order valence-electron chi connectivity index (χ1n) is 26.2. The summed E-state index contributed by atoms with van der Waals surface area (Å²) in [6.45, 7) is 11.8. The number of carbonyl (C=O) groups is 4. The van der Waals surface area contributed by atoms with Crippen LogP contribution in [-0.2, 0) is 39.1 Å². The molecule has 13 nitrogen and oxygen atoms in total. The zero-order valence-electron chi connectivity index (χ0n) is 45.0. The van der Waals surface area contributed by atoms with Crippen LogP contribution >= 0.6 is 11.6 Å². The number of ether oxygens (including phenoxy) is 3. The molecule has 6 aromatic rings. The fourth-order valence-electron chi connectivity index (χ4n) is 10.2. The van der Waals surface area contributed by atoms with Gasteiger partial charge in [-0.05, 0) is 168 Å². The molecule has 1 N–H and O–H groups in total. The summed E-state index contributed by atoms with van der Waals surface area (Å²) in [5.41, 5.74) is -0.519. The second kappa shape index (κ2) is 25.3. The number of hydrogen-bond acceptors (Lipinski definition) is 9. The number of benzene rings is 3. The van der Waals surface area contributed by atoms with Gasteiger partial charge < -0.3 is 33.7 Å². The largest absolute Gasteiger partial charge is 0.478 e. The Kier molecular flexibility index (Phi) is 19.1.